The van der Waals surface area contributed by atoms with Crippen LogP contribution in [-0.2, 0) is 19.1 Å². The number of ether oxygens (including phenoxy) is 2. The molecule has 18 heavy (non-hydrogen) atoms. The summed E-state index contributed by atoms with van der Waals surface area (Å²) in [5.74, 6) is -1.18. The van der Waals surface area contributed by atoms with Crippen molar-refractivity contribution in [1.29, 1.82) is 0 Å². The van der Waals surface area contributed by atoms with E-state index >= 15 is 0 Å². The highest BCUT2D eigenvalue weighted by Gasteiger charge is 2.20. The van der Waals surface area contributed by atoms with Gasteiger partial charge in [-0.2, -0.15) is 0 Å². The molecule has 0 aliphatic rings. The summed E-state index contributed by atoms with van der Waals surface area (Å²) in [6, 6.07) is 0. The molecule has 104 valence electrons. The summed E-state index contributed by atoms with van der Waals surface area (Å²) < 4.78 is 9.68. The van der Waals surface area contributed by atoms with E-state index in [1.807, 2.05) is 0 Å². The molecule has 0 aromatic heterocycles. The monoisotopic (exact) mass is 256 g/mol. The standard InChI is InChI=1S/C14H24O4/c1-4-7-8-9-10-11-12(13(15)17-5-2)14(16)18-6-3/h11H,4-10H2,1-3H3. The molecule has 0 heterocycles. The SMILES string of the molecule is CCCCCCC=C(C(=O)OCC)C(=O)OCC. The summed E-state index contributed by atoms with van der Waals surface area (Å²) in [5, 5.41) is 0. The van der Waals surface area contributed by atoms with Gasteiger partial charge < -0.3 is 9.47 Å². The fourth-order valence-electron chi connectivity index (χ4n) is 1.49. The topological polar surface area (TPSA) is 52.6 Å². The van der Waals surface area contributed by atoms with Crippen molar-refractivity contribution in [3.8, 4) is 0 Å². The van der Waals surface area contributed by atoms with E-state index < -0.39 is 11.9 Å². The molecule has 0 saturated carbocycles. The normalized spacial score (nSPS) is 9.72. The fourth-order valence-corrected chi connectivity index (χ4v) is 1.49. The predicted octanol–water partition coefficient (Wildman–Crippen LogP) is 3.01. The molecule has 0 bridgehead atoms. The van der Waals surface area contributed by atoms with Gasteiger partial charge in [0.05, 0.1) is 13.2 Å². The molecule has 0 rings (SSSR count). The van der Waals surface area contributed by atoms with E-state index in [0.717, 1.165) is 19.3 Å². The molecule has 0 saturated heterocycles. The maximum Gasteiger partial charge on any atom is 0.345 e. The van der Waals surface area contributed by atoms with E-state index in [1.165, 1.54) is 6.42 Å². The Morgan fingerprint density at radius 3 is 1.89 bits per heavy atom. The minimum Gasteiger partial charge on any atom is -0.462 e. The summed E-state index contributed by atoms with van der Waals surface area (Å²) >= 11 is 0. The summed E-state index contributed by atoms with van der Waals surface area (Å²) in [6.07, 6.45) is 6.73. The van der Waals surface area contributed by atoms with Crippen LogP contribution in [0.25, 0.3) is 0 Å². The van der Waals surface area contributed by atoms with E-state index in [2.05, 4.69) is 6.92 Å². The van der Waals surface area contributed by atoms with Gasteiger partial charge in [0, 0.05) is 0 Å². The number of hydrogen-bond acceptors (Lipinski definition) is 4. The van der Waals surface area contributed by atoms with Gasteiger partial charge in [0.1, 0.15) is 5.57 Å². The number of rotatable bonds is 9. The van der Waals surface area contributed by atoms with E-state index in [1.54, 1.807) is 19.9 Å². The van der Waals surface area contributed by atoms with Gasteiger partial charge in [-0.25, -0.2) is 9.59 Å². The second kappa shape index (κ2) is 10.8. The second-order valence-corrected chi connectivity index (χ2v) is 3.91. The molecule has 0 fully saturated rings. The average molecular weight is 256 g/mol. The van der Waals surface area contributed by atoms with Gasteiger partial charge in [0.15, 0.2) is 0 Å². The van der Waals surface area contributed by atoms with Crippen LogP contribution in [0.1, 0.15) is 52.9 Å². The van der Waals surface area contributed by atoms with Crippen molar-refractivity contribution in [3.05, 3.63) is 11.6 Å². The number of carbonyl (C=O) groups excluding carboxylic acids is 2. The molecule has 0 unspecified atom stereocenters. The molecule has 0 aromatic rings. The van der Waals surface area contributed by atoms with Crippen LogP contribution in [0.5, 0.6) is 0 Å². The highest BCUT2D eigenvalue weighted by molar-refractivity contribution is 6.14. The highest BCUT2D eigenvalue weighted by Crippen LogP contribution is 2.08. The highest BCUT2D eigenvalue weighted by atomic mass is 16.6. The van der Waals surface area contributed by atoms with Gasteiger partial charge in [0.2, 0.25) is 0 Å². The van der Waals surface area contributed by atoms with Crippen LogP contribution in [0, 0.1) is 0 Å². The zero-order chi connectivity index (χ0) is 13.8. The van der Waals surface area contributed by atoms with Gasteiger partial charge in [-0.1, -0.05) is 32.3 Å². The summed E-state index contributed by atoms with van der Waals surface area (Å²) in [7, 11) is 0. The minimum atomic E-state index is -0.591. The molecule has 4 nitrogen and oxygen atoms in total. The first-order valence-electron chi connectivity index (χ1n) is 6.71. The number of unbranched alkanes of at least 4 members (excludes halogenated alkanes) is 4. The van der Waals surface area contributed by atoms with Gasteiger partial charge in [-0.15, -0.1) is 0 Å². The number of allylic oxidation sites excluding steroid dienone is 1. The maximum absolute atomic E-state index is 11.6. The van der Waals surface area contributed by atoms with Crippen molar-refractivity contribution >= 4 is 11.9 Å². The first kappa shape index (κ1) is 16.7. The Morgan fingerprint density at radius 1 is 0.889 bits per heavy atom. The van der Waals surface area contributed by atoms with Crippen LogP contribution in [0.15, 0.2) is 11.6 Å². The van der Waals surface area contributed by atoms with Gasteiger partial charge >= 0.3 is 11.9 Å². The lowest BCUT2D eigenvalue weighted by Crippen LogP contribution is -2.18. The summed E-state index contributed by atoms with van der Waals surface area (Å²) in [4.78, 5) is 23.2. The van der Waals surface area contributed by atoms with Crippen molar-refractivity contribution < 1.29 is 19.1 Å². The zero-order valence-electron chi connectivity index (χ0n) is 11.7. The molecule has 0 aromatic carbocycles. The summed E-state index contributed by atoms with van der Waals surface area (Å²) in [5.41, 5.74) is 0.0233. The minimum absolute atomic E-state index is 0.0233. The molecule has 0 radical (unpaired) electrons. The van der Waals surface area contributed by atoms with Crippen LogP contribution in [-0.4, -0.2) is 25.2 Å². The average Bonchev–Trinajstić information content (AvgIpc) is 2.34. The van der Waals surface area contributed by atoms with Crippen molar-refractivity contribution in [2.75, 3.05) is 13.2 Å². The Hall–Kier alpha value is -1.32. The van der Waals surface area contributed by atoms with Crippen LogP contribution in [0.4, 0.5) is 0 Å². The Morgan fingerprint density at radius 2 is 1.44 bits per heavy atom. The van der Waals surface area contributed by atoms with Crippen molar-refractivity contribution in [1.82, 2.24) is 0 Å². The largest absolute Gasteiger partial charge is 0.462 e. The molecular formula is C14H24O4. The third-order valence-corrected chi connectivity index (χ3v) is 2.40. The smallest absolute Gasteiger partial charge is 0.345 e. The second-order valence-electron chi connectivity index (χ2n) is 3.91. The van der Waals surface area contributed by atoms with E-state index in [4.69, 9.17) is 9.47 Å². The van der Waals surface area contributed by atoms with Crippen molar-refractivity contribution in [3.63, 3.8) is 0 Å². The zero-order valence-corrected chi connectivity index (χ0v) is 11.7. The molecule has 0 N–H and O–H groups in total. The third-order valence-electron chi connectivity index (χ3n) is 2.40. The molecule has 4 heteroatoms. The Bertz CT molecular complexity index is 262. The lowest BCUT2D eigenvalue weighted by Gasteiger charge is -2.06. The summed E-state index contributed by atoms with van der Waals surface area (Å²) in [6.45, 7) is 6.07. The Kier molecular flexibility index (Phi) is 10.0. The third kappa shape index (κ3) is 7.09. The fraction of sp³-hybridized carbons (Fsp3) is 0.714. The molecule has 0 spiro atoms. The van der Waals surface area contributed by atoms with Gasteiger partial charge in [0.25, 0.3) is 0 Å². The molecule has 0 atom stereocenters. The van der Waals surface area contributed by atoms with Gasteiger partial charge in [-0.3, -0.25) is 0 Å². The molecule has 0 amide bonds. The number of carbonyl (C=O) groups is 2. The quantitative estimate of drug-likeness (QED) is 0.209. The van der Waals surface area contributed by atoms with Crippen LogP contribution in [0.3, 0.4) is 0 Å². The van der Waals surface area contributed by atoms with Crippen LogP contribution < -0.4 is 0 Å². The van der Waals surface area contributed by atoms with Crippen molar-refractivity contribution in [2.45, 2.75) is 52.9 Å². The molecule has 0 aliphatic carbocycles. The first-order valence-corrected chi connectivity index (χ1v) is 6.71. The lowest BCUT2D eigenvalue weighted by molar-refractivity contribution is -0.146. The van der Waals surface area contributed by atoms with E-state index in [9.17, 15) is 9.59 Å². The van der Waals surface area contributed by atoms with Crippen molar-refractivity contribution in [2.24, 2.45) is 0 Å². The maximum atomic E-state index is 11.6. The van der Waals surface area contributed by atoms with Gasteiger partial charge in [-0.05, 0) is 26.7 Å². The van der Waals surface area contributed by atoms with E-state index in [-0.39, 0.29) is 18.8 Å². The Balaban J connectivity index is 4.40. The molecular weight excluding hydrogens is 232 g/mol. The first-order chi connectivity index (χ1) is 8.67. The van der Waals surface area contributed by atoms with E-state index in [0.29, 0.717) is 6.42 Å². The number of hydrogen-bond donors (Lipinski definition) is 0. The lowest BCUT2D eigenvalue weighted by atomic mass is 10.1. The number of esters is 2. The van der Waals surface area contributed by atoms with Crippen LogP contribution in [0.2, 0.25) is 0 Å². The Labute approximate surface area is 109 Å². The predicted molar refractivity (Wildman–Crippen MR) is 70.1 cm³/mol. The molecule has 0 aliphatic heterocycles. The van der Waals surface area contributed by atoms with Crippen LogP contribution >= 0.6 is 0 Å².